The number of hydrogen-bond donors (Lipinski definition) is 2. The molecule has 0 unspecified atom stereocenters. The number of hydrogen-bond acceptors (Lipinski definition) is 3. The third-order valence-corrected chi connectivity index (χ3v) is 5.00. The minimum Gasteiger partial charge on any atom is -0.478 e. The Morgan fingerprint density at radius 2 is 1.40 bits per heavy atom. The Bertz CT molecular complexity index is 802. The van der Waals surface area contributed by atoms with Crippen molar-refractivity contribution in [2.75, 3.05) is 20.7 Å². The van der Waals surface area contributed by atoms with Gasteiger partial charge in [-0.1, -0.05) is 53.1 Å². The minimum atomic E-state index is -0.888. The molecule has 0 aliphatic carbocycles. The monoisotopic (exact) mass is 550 g/mol. The Morgan fingerprint density at radius 3 is 1.70 bits per heavy atom. The van der Waals surface area contributed by atoms with Crippen LogP contribution in [0.5, 0.6) is 0 Å². The largest absolute Gasteiger partial charge is 0.478 e. The predicted octanol–water partition coefficient (Wildman–Crippen LogP) is 6.58. The normalized spacial score (nSPS) is 9.27. The minimum absolute atomic E-state index is 0.0376. The van der Waals surface area contributed by atoms with E-state index in [4.69, 9.17) is 13.0 Å². The van der Waals surface area contributed by atoms with Crippen LogP contribution in [0.25, 0.3) is 0 Å². The average Bonchev–Trinajstić information content (AvgIpc) is 2.74. The summed E-state index contributed by atoms with van der Waals surface area (Å²) in [6.45, 7) is 8.05. The molecule has 170 valence electrons. The third kappa shape index (κ3) is 12.8. The fourth-order valence-electron chi connectivity index (χ4n) is 1.81. The van der Waals surface area contributed by atoms with Gasteiger partial charge in [-0.05, 0) is 68.3 Å². The number of amides is 1. The molecule has 0 aliphatic heterocycles. The Kier molecular flexibility index (Phi) is 17.1. The highest BCUT2D eigenvalue weighted by atomic mass is 79.9. The van der Waals surface area contributed by atoms with Gasteiger partial charge in [-0.25, -0.2) is 4.79 Å². The number of benzene rings is 2. The van der Waals surface area contributed by atoms with E-state index in [0.29, 0.717) is 12.5 Å². The second-order valence-corrected chi connectivity index (χ2v) is 7.46. The lowest BCUT2D eigenvalue weighted by molar-refractivity contribution is 0.0696. The van der Waals surface area contributed by atoms with Gasteiger partial charge < -0.3 is 15.1 Å². The highest BCUT2D eigenvalue weighted by molar-refractivity contribution is 9.10. The second kappa shape index (κ2) is 18.1. The molecule has 0 heterocycles. The molecule has 0 saturated heterocycles. The van der Waals surface area contributed by atoms with E-state index in [1.165, 1.54) is 7.40 Å². The van der Waals surface area contributed by atoms with Crippen LogP contribution in [-0.2, 0) is 0 Å². The molecule has 0 aliphatic rings. The van der Waals surface area contributed by atoms with Crippen LogP contribution in [0.2, 0.25) is 0 Å². The molecule has 0 radical (unpaired) electrons. The first-order valence-corrected chi connectivity index (χ1v) is 10.4. The van der Waals surface area contributed by atoms with Crippen molar-refractivity contribution in [3.05, 3.63) is 67.6 Å². The van der Waals surface area contributed by atoms with Gasteiger partial charge in [-0.3, -0.25) is 4.79 Å². The molecule has 0 spiro atoms. The van der Waals surface area contributed by atoms with Crippen molar-refractivity contribution in [1.82, 2.24) is 4.90 Å². The first kappa shape index (κ1) is 28.3. The number of aromatic carboxylic acids is 1. The van der Waals surface area contributed by atoms with Crippen molar-refractivity contribution in [1.29, 1.82) is 0 Å². The SMILES string of the molecule is CCO.Cc1cc(C(=O)N(C)C)ccc1Br.Cc1cc(C(=O)O)ccc1Br.[2H]CC.[3H]C. The number of rotatable bonds is 2. The van der Waals surface area contributed by atoms with Crippen molar-refractivity contribution >= 4 is 43.7 Å². The molecule has 2 aromatic rings. The zero-order valence-electron chi connectivity index (χ0n) is 20.8. The van der Waals surface area contributed by atoms with E-state index in [0.717, 1.165) is 25.6 Å². The van der Waals surface area contributed by atoms with Crippen LogP contribution < -0.4 is 0 Å². The van der Waals surface area contributed by atoms with E-state index in [2.05, 4.69) is 31.9 Å². The lowest BCUT2D eigenvalue weighted by Gasteiger charge is -2.10. The van der Waals surface area contributed by atoms with Crippen LogP contribution in [0.3, 0.4) is 0 Å². The maximum absolute atomic E-state index is 11.5. The predicted molar refractivity (Wildman–Crippen MR) is 134 cm³/mol. The van der Waals surface area contributed by atoms with Crippen molar-refractivity contribution in [3.8, 4) is 0 Å². The average molecular weight is 552 g/mol. The summed E-state index contributed by atoms with van der Waals surface area (Å²) in [7, 11) is 4.75. The van der Waals surface area contributed by atoms with Crippen LogP contribution in [0.15, 0.2) is 45.3 Å². The Balaban J connectivity index is -0.000000400. The van der Waals surface area contributed by atoms with E-state index < -0.39 is 5.97 Å². The maximum atomic E-state index is 11.5. The summed E-state index contributed by atoms with van der Waals surface area (Å²) in [6.07, 6.45) is 0. The van der Waals surface area contributed by atoms with Crippen LogP contribution in [0.1, 0.15) is 62.7 Å². The van der Waals surface area contributed by atoms with Gasteiger partial charge in [0, 0.05) is 38.0 Å². The molecule has 2 N–H and O–H groups in total. The Morgan fingerprint density at radius 1 is 1.07 bits per heavy atom. The number of carbonyl (C=O) groups is 2. The van der Waals surface area contributed by atoms with Gasteiger partial charge in [-0.2, -0.15) is 0 Å². The number of aryl methyl sites for hydroxylation is 2. The number of nitrogens with zero attached hydrogens (tertiary/aromatic N) is 1. The van der Waals surface area contributed by atoms with Crippen LogP contribution in [0.4, 0.5) is 0 Å². The summed E-state index contributed by atoms with van der Waals surface area (Å²) in [5.74, 6) is -0.851. The van der Waals surface area contributed by atoms with Crippen molar-refractivity contribution < 1.29 is 22.5 Å². The lowest BCUT2D eigenvalue weighted by Crippen LogP contribution is -2.21. The zero-order valence-corrected chi connectivity index (χ0v) is 22.0. The number of carboxylic acids is 1. The quantitative estimate of drug-likeness (QED) is 0.442. The number of halogens is 2. The van der Waals surface area contributed by atoms with Gasteiger partial charge in [0.15, 0.2) is 0 Å². The lowest BCUT2D eigenvalue weighted by atomic mass is 10.1. The van der Waals surface area contributed by atoms with Crippen LogP contribution in [0, 0.1) is 13.8 Å². The molecule has 0 saturated carbocycles. The third-order valence-electron chi connectivity index (χ3n) is 3.22. The van der Waals surface area contributed by atoms with Gasteiger partial charge in [-0.15, -0.1) is 0 Å². The number of aliphatic hydroxyl groups excluding tert-OH is 1. The van der Waals surface area contributed by atoms with E-state index in [9.17, 15) is 9.59 Å². The Labute approximate surface area is 201 Å². The topological polar surface area (TPSA) is 77.8 Å². The maximum Gasteiger partial charge on any atom is 0.335 e. The Hall–Kier alpha value is -1.70. The number of carboxylic acid groups (broad SMARTS) is 1. The molecule has 0 aromatic heterocycles. The van der Waals surface area contributed by atoms with Gasteiger partial charge in [0.1, 0.15) is 0 Å². The number of carbonyl (C=O) groups excluding carboxylic acids is 1. The zero-order chi connectivity index (χ0) is 25.9. The van der Waals surface area contributed by atoms with Crippen molar-refractivity contribution in [3.63, 3.8) is 0 Å². The smallest absolute Gasteiger partial charge is 0.335 e. The molecular weight excluding hydrogens is 514 g/mol. The highest BCUT2D eigenvalue weighted by Crippen LogP contribution is 2.18. The molecule has 1 amide bonds. The van der Waals surface area contributed by atoms with Gasteiger partial charge in [0.25, 0.3) is 5.91 Å². The summed E-state index contributed by atoms with van der Waals surface area (Å²) in [4.78, 5) is 23.5. The molecule has 5 nitrogen and oxygen atoms in total. The van der Waals surface area contributed by atoms with E-state index >= 15 is 0 Å². The standard InChI is InChI=1S/C10H12BrNO.C8H7BrO2.C2H6O.C2H6.CH4/c1-7-6-8(4-5-9(7)11)10(13)12(2)3;1-5-4-6(8(10)11)2-3-7(5)9;1-2-3;1-2;/h4-6H,1-3H3;2-4H,1H3,(H,10,11);3H,2H2,1H3;1-2H3;1H4/i;;;1D;1T. The first-order chi connectivity index (χ1) is 15.0. The summed E-state index contributed by atoms with van der Waals surface area (Å²) in [5, 5.41) is 16.2. The fourth-order valence-corrected chi connectivity index (χ4v) is 2.31. The molecule has 30 heavy (non-hydrogen) atoms. The van der Waals surface area contributed by atoms with E-state index in [-0.39, 0.29) is 12.5 Å². The molecule has 0 bridgehead atoms. The van der Waals surface area contributed by atoms with Gasteiger partial charge in [0.05, 0.1) is 5.56 Å². The second-order valence-electron chi connectivity index (χ2n) is 5.75. The number of aliphatic hydroxyl groups is 1. The first-order valence-electron chi connectivity index (χ1n) is 10.5. The molecule has 2 rings (SSSR count). The summed E-state index contributed by atoms with van der Waals surface area (Å²) in [6, 6.07) is 10.5. The van der Waals surface area contributed by atoms with Gasteiger partial charge >= 0.3 is 5.97 Å². The van der Waals surface area contributed by atoms with E-state index in [1.807, 2.05) is 32.0 Å². The summed E-state index contributed by atoms with van der Waals surface area (Å²) < 4.78 is 13.9. The molecule has 2 aromatic carbocycles. The van der Waals surface area contributed by atoms with Crippen LogP contribution in [-0.4, -0.2) is 47.7 Å². The van der Waals surface area contributed by atoms with Crippen molar-refractivity contribution in [2.45, 2.75) is 42.0 Å². The van der Waals surface area contributed by atoms with Gasteiger partial charge in [0.2, 0.25) is 0 Å². The molecule has 7 heteroatoms. The highest BCUT2D eigenvalue weighted by Gasteiger charge is 2.08. The van der Waals surface area contributed by atoms with Crippen molar-refractivity contribution in [2.24, 2.45) is 0 Å². The van der Waals surface area contributed by atoms with Crippen LogP contribution >= 0.6 is 31.9 Å². The van der Waals surface area contributed by atoms with E-state index in [1.54, 1.807) is 51.0 Å². The molecule has 0 atom stereocenters. The molecular formula is C23H35Br2NO4. The summed E-state index contributed by atoms with van der Waals surface area (Å²) >= 11 is 6.68. The molecule has 0 fully saturated rings. The fraction of sp³-hybridized carbons (Fsp3) is 0.391. The summed E-state index contributed by atoms with van der Waals surface area (Å²) in [5.41, 5.74) is 3.06.